The summed E-state index contributed by atoms with van der Waals surface area (Å²) in [5.41, 5.74) is 1.53. The fourth-order valence-corrected chi connectivity index (χ4v) is 2.63. The summed E-state index contributed by atoms with van der Waals surface area (Å²) >= 11 is 1.74. The van der Waals surface area contributed by atoms with Crippen LogP contribution in [-0.4, -0.2) is 25.3 Å². The molecule has 0 heterocycles. The molecule has 1 amide bonds. The van der Waals surface area contributed by atoms with Crippen LogP contribution < -0.4 is 10.6 Å². The van der Waals surface area contributed by atoms with Crippen LogP contribution in [0.25, 0.3) is 0 Å². The Hall–Kier alpha value is -1.94. The number of carbonyl (C=O) groups excluding carboxylic acids is 1. The summed E-state index contributed by atoms with van der Waals surface area (Å²) < 4.78 is 0. The molecule has 2 aromatic carbocycles. The Morgan fingerprint density at radius 1 is 1.05 bits per heavy atom. The number of amides is 1. The molecule has 2 N–H and O–H groups in total. The summed E-state index contributed by atoms with van der Waals surface area (Å²) in [7, 11) is 1.82. The summed E-state index contributed by atoms with van der Waals surface area (Å²) in [5.74, 6) is 0.820. The maximum Gasteiger partial charge on any atom is 0.253 e. The van der Waals surface area contributed by atoms with Crippen molar-refractivity contribution >= 4 is 23.4 Å². The van der Waals surface area contributed by atoms with Gasteiger partial charge < -0.3 is 10.6 Å². The number of benzene rings is 2. The normalized spacial score (nSPS) is 10.1. The molecular weight excluding hydrogens is 268 g/mol. The smallest absolute Gasteiger partial charge is 0.253 e. The van der Waals surface area contributed by atoms with Crippen LogP contribution in [0.5, 0.6) is 0 Å². The molecule has 0 aliphatic heterocycles. The second-order valence-corrected chi connectivity index (χ2v) is 5.38. The first-order valence-corrected chi connectivity index (χ1v) is 7.52. The SMILES string of the molecule is CNc1ccccc1C(=O)NCCSc1ccccc1. The minimum atomic E-state index is -0.0383. The van der Waals surface area contributed by atoms with E-state index in [4.69, 9.17) is 0 Å². The lowest BCUT2D eigenvalue weighted by atomic mass is 10.1. The van der Waals surface area contributed by atoms with Crippen LogP contribution >= 0.6 is 11.8 Å². The first-order valence-electron chi connectivity index (χ1n) is 6.54. The van der Waals surface area contributed by atoms with E-state index in [1.165, 1.54) is 4.90 Å². The summed E-state index contributed by atoms with van der Waals surface area (Å²) in [5, 5.41) is 5.97. The average Bonchev–Trinajstić information content (AvgIpc) is 2.52. The van der Waals surface area contributed by atoms with Crippen molar-refractivity contribution in [3.05, 3.63) is 60.2 Å². The third-order valence-corrected chi connectivity index (χ3v) is 3.85. The van der Waals surface area contributed by atoms with Crippen molar-refractivity contribution in [2.75, 3.05) is 24.7 Å². The van der Waals surface area contributed by atoms with Gasteiger partial charge in [0.25, 0.3) is 5.91 Å². The van der Waals surface area contributed by atoms with Crippen molar-refractivity contribution in [2.24, 2.45) is 0 Å². The monoisotopic (exact) mass is 286 g/mol. The number of nitrogens with one attached hydrogen (secondary N) is 2. The summed E-state index contributed by atoms with van der Waals surface area (Å²) in [6, 6.07) is 17.7. The Balaban J connectivity index is 1.81. The standard InChI is InChI=1S/C16H18N2OS/c1-17-15-10-6-5-9-14(15)16(19)18-11-12-20-13-7-3-2-4-8-13/h2-10,17H,11-12H2,1H3,(H,18,19). The van der Waals surface area contributed by atoms with Crippen LogP contribution in [0.4, 0.5) is 5.69 Å². The van der Waals surface area contributed by atoms with Gasteiger partial charge in [0.15, 0.2) is 0 Å². The van der Waals surface area contributed by atoms with Gasteiger partial charge in [0.2, 0.25) is 0 Å². The van der Waals surface area contributed by atoms with Gasteiger partial charge in [-0.2, -0.15) is 0 Å². The van der Waals surface area contributed by atoms with Crippen LogP contribution in [0.1, 0.15) is 10.4 Å². The highest BCUT2D eigenvalue weighted by molar-refractivity contribution is 7.99. The van der Waals surface area contributed by atoms with Crippen molar-refractivity contribution in [3.63, 3.8) is 0 Å². The number of carbonyl (C=O) groups is 1. The molecule has 0 aliphatic rings. The van der Waals surface area contributed by atoms with Crippen molar-refractivity contribution in [1.29, 1.82) is 0 Å². The minimum absolute atomic E-state index is 0.0383. The molecule has 2 rings (SSSR count). The van der Waals surface area contributed by atoms with Gasteiger partial charge in [-0.3, -0.25) is 4.79 Å². The fraction of sp³-hybridized carbons (Fsp3) is 0.188. The highest BCUT2D eigenvalue weighted by atomic mass is 32.2. The van der Waals surface area contributed by atoms with Gasteiger partial charge in [-0.25, -0.2) is 0 Å². The molecule has 0 saturated carbocycles. The van der Waals surface area contributed by atoms with Crippen LogP contribution in [0, 0.1) is 0 Å². The number of anilines is 1. The number of hydrogen-bond donors (Lipinski definition) is 2. The molecule has 0 fully saturated rings. The average molecular weight is 286 g/mol. The molecule has 0 spiro atoms. The van der Waals surface area contributed by atoms with E-state index in [9.17, 15) is 4.79 Å². The van der Waals surface area contributed by atoms with Crippen LogP contribution in [-0.2, 0) is 0 Å². The molecule has 20 heavy (non-hydrogen) atoms. The van der Waals surface area contributed by atoms with Gasteiger partial charge in [-0.05, 0) is 24.3 Å². The molecule has 0 radical (unpaired) electrons. The Labute approximate surface area is 123 Å². The topological polar surface area (TPSA) is 41.1 Å². The highest BCUT2D eigenvalue weighted by Gasteiger charge is 2.08. The van der Waals surface area contributed by atoms with Gasteiger partial charge in [0, 0.05) is 29.9 Å². The van der Waals surface area contributed by atoms with E-state index in [0.29, 0.717) is 12.1 Å². The largest absolute Gasteiger partial charge is 0.387 e. The Bertz CT molecular complexity index is 557. The molecule has 4 heteroatoms. The third kappa shape index (κ3) is 4.03. The summed E-state index contributed by atoms with van der Waals surface area (Å²) in [6.07, 6.45) is 0. The zero-order valence-corrected chi connectivity index (χ0v) is 12.2. The quantitative estimate of drug-likeness (QED) is 0.632. The minimum Gasteiger partial charge on any atom is -0.387 e. The predicted molar refractivity (Wildman–Crippen MR) is 85.5 cm³/mol. The molecule has 0 aromatic heterocycles. The van der Waals surface area contributed by atoms with Gasteiger partial charge >= 0.3 is 0 Å². The fourth-order valence-electron chi connectivity index (χ4n) is 1.84. The van der Waals surface area contributed by atoms with E-state index in [1.807, 2.05) is 49.5 Å². The summed E-state index contributed by atoms with van der Waals surface area (Å²) in [4.78, 5) is 13.3. The molecule has 0 bridgehead atoms. The highest BCUT2D eigenvalue weighted by Crippen LogP contribution is 2.16. The molecule has 0 unspecified atom stereocenters. The summed E-state index contributed by atoms with van der Waals surface area (Å²) in [6.45, 7) is 0.649. The van der Waals surface area contributed by atoms with Gasteiger partial charge in [-0.1, -0.05) is 30.3 Å². The maximum atomic E-state index is 12.1. The first kappa shape index (κ1) is 14.5. The Kier molecular flexibility index (Phi) is 5.50. The lowest BCUT2D eigenvalue weighted by molar-refractivity contribution is 0.0957. The number of rotatable bonds is 6. The number of thioether (sulfide) groups is 1. The molecule has 0 atom stereocenters. The Morgan fingerprint density at radius 3 is 2.50 bits per heavy atom. The second kappa shape index (κ2) is 7.60. The van der Waals surface area contributed by atoms with E-state index >= 15 is 0 Å². The zero-order valence-electron chi connectivity index (χ0n) is 11.4. The molecule has 104 valence electrons. The van der Waals surface area contributed by atoms with Crippen LogP contribution in [0.15, 0.2) is 59.5 Å². The first-order chi connectivity index (χ1) is 9.81. The third-order valence-electron chi connectivity index (χ3n) is 2.84. The second-order valence-electron chi connectivity index (χ2n) is 4.21. The number of para-hydroxylation sites is 1. The van der Waals surface area contributed by atoms with E-state index in [1.54, 1.807) is 11.8 Å². The number of hydrogen-bond acceptors (Lipinski definition) is 3. The molecule has 0 saturated heterocycles. The van der Waals surface area contributed by atoms with Crippen molar-refractivity contribution in [1.82, 2.24) is 5.32 Å². The van der Waals surface area contributed by atoms with E-state index in [0.717, 1.165) is 11.4 Å². The lowest BCUT2D eigenvalue weighted by Gasteiger charge is -2.09. The Morgan fingerprint density at radius 2 is 1.75 bits per heavy atom. The van der Waals surface area contributed by atoms with Gasteiger partial charge in [0.1, 0.15) is 0 Å². The molecule has 3 nitrogen and oxygen atoms in total. The van der Waals surface area contributed by atoms with E-state index < -0.39 is 0 Å². The molecular formula is C16H18N2OS. The van der Waals surface area contributed by atoms with E-state index in [2.05, 4.69) is 22.8 Å². The van der Waals surface area contributed by atoms with Gasteiger partial charge in [0.05, 0.1) is 5.56 Å². The lowest BCUT2D eigenvalue weighted by Crippen LogP contribution is -2.26. The van der Waals surface area contributed by atoms with Crippen molar-refractivity contribution in [3.8, 4) is 0 Å². The molecule has 0 aliphatic carbocycles. The molecule has 2 aromatic rings. The predicted octanol–water partition coefficient (Wildman–Crippen LogP) is 3.25. The van der Waals surface area contributed by atoms with Crippen LogP contribution in [0.3, 0.4) is 0 Å². The zero-order chi connectivity index (χ0) is 14.2. The van der Waals surface area contributed by atoms with Crippen molar-refractivity contribution < 1.29 is 4.79 Å². The van der Waals surface area contributed by atoms with Crippen molar-refractivity contribution in [2.45, 2.75) is 4.90 Å². The van der Waals surface area contributed by atoms with E-state index in [-0.39, 0.29) is 5.91 Å². The van der Waals surface area contributed by atoms with Crippen LogP contribution in [0.2, 0.25) is 0 Å². The van der Waals surface area contributed by atoms with Gasteiger partial charge in [-0.15, -0.1) is 11.8 Å². The maximum absolute atomic E-state index is 12.1.